The second-order valence-corrected chi connectivity index (χ2v) is 5.39. The minimum absolute atomic E-state index is 0.0124. The van der Waals surface area contributed by atoms with Gasteiger partial charge in [-0.25, -0.2) is 4.39 Å². The number of halogens is 2. The van der Waals surface area contributed by atoms with Gasteiger partial charge in [-0.15, -0.1) is 0 Å². The lowest BCUT2D eigenvalue weighted by molar-refractivity contribution is -0.141. The van der Waals surface area contributed by atoms with E-state index in [0.717, 1.165) is 12.1 Å². The molecule has 0 heterocycles. The van der Waals surface area contributed by atoms with Crippen LogP contribution in [0.3, 0.4) is 0 Å². The third-order valence-electron chi connectivity index (χ3n) is 3.13. The Bertz CT molecular complexity index is 713. The highest BCUT2D eigenvalue weighted by molar-refractivity contribution is 9.10. The molecule has 2 rings (SSSR count). The van der Waals surface area contributed by atoms with E-state index in [1.807, 2.05) is 0 Å². The molecule has 1 N–H and O–H groups in total. The second kappa shape index (κ2) is 6.70. The van der Waals surface area contributed by atoms with Crippen molar-refractivity contribution in [2.45, 2.75) is 5.92 Å². The normalized spacial score (nSPS) is 11.8. The van der Waals surface area contributed by atoms with E-state index < -0.39 is 23.5 Å². The van der Waals surface area contributed by atoms with E-state index >= 15 is 0 Å². The number of ether oxygens (including phenoxy) is 1. The number of esters is 1. The van der Waals surface area contributed by atoms with Crippen LogP contribution in [0.4, 0.5) is 4.39 Å². The Labute approximate surface area is 134 Å². The van der Waals surface area contributed by atoms with Crippen LogP contribution in [0.25, 0.3) is 0 Å². The number of carbonyl (C=O) groups is 2. The van der Waals surface area contributed by atoms with Crippen molar-refractivity contribution in [1.29, 1.82) is 0 Å². The third-order valence-corrected chi connectivity index (χ3v) is 3.77. The predicted octanol–water partition coefficient (Wildman–Crippen LogP) is 3.43. The van der Waals surface area contributed by atoms with Crippen LogP contribution in [0.15, 0.2) is 46.9 Å². The molecule has 0 aliphatic heterocycles. The molecule has 22 heavy (non-hydrogen) atoms. The lowest BCUT2D eigenvalue weighted by Crippen LogP contribution is -2.23. The van der Waals surface area contributed by atoms with E-state index in [1.54, 1.807) is 0 Å². The maximum absolute atomic E-state index is 13.0. The predicted molar refractivity (Wildman–Crippen MR) is 81.3 cm³/mol. The summed E-state index contributed by atoms with van der Waals surface area (Å²) in [6, 6.07) is 9.21. The molecule has 1 unspecified atom stereocenters. The zero-order chi connectivity index (χ0) is 16.3. The number of phenols is 1. The van der Waals surface area contributed by atoms with Crippen LogP contribution in [0.1, 0.15) is 21.8 Å². The summed E-state index contributed by atoms with van der Waals surface area (Å²) in [5, 5.41) is 9.52. The number of aromatic hydroxyl groups is 1. The second-order valence-electron chi connectivity index (χ2n) is 4.54. The molecule has 0 saturated heterocycles. The van der Waals surface area contributed by atoms with Crippen LogP contribution in [-0.2, 0) is 9.53 Å². The number of methoxy groups -OCH3 is 1. The number of carbonyl (C=O) groups excluding carboxylic acids is 2. The van der Waals surface area contributed by atoms with Crippen molar-refractivity contribution in [3.8, 4) is 5.75 Å². The number of phenolic OH excluding ortho intramolecular Hbond substituents is 1. The molecule has 0 amide bonds. The van der Waals surface area contributed by atoms with Gasteiger partial charge < -0.3 is 9.84 Å². The third kappa shape index (κ3) is 3.33. The Balaban J connectivity index is 2.45. The van der Waals surface area contributed by atoms with Crippen LogP contribution in [0.2, 0.25) is 0 Å². The summed E-state index contributed by atoms with van der Waals surface area (Å²) in [5.74, 6) is -2.91. The monoisotopic (exact) mass is 366 g/mol. The number of rotatable bonds is 4. The van der Waals surface area contributed by atoms with Gasteiger partial charge in [0.1, 0.15) is 17.5 Å². The van der Waals surface area contributed by atoms with Crippen LogP contribution in [-0.4, -0.2) is 24.0 Å². The van der Waals surface area contributed by atoms with Gasteiger partial charge in [-0.2, -0.15) is 0 Å². The summed E-state index contributed by atoms with van der Waals surface area (Å²) >= 11 is 3.14. The molecule has 2 aromatic carbocycles. The van der Waals surface area contributed by atoms with Crippen LogP contribution >= 0.6 is 15.9 Å². The zero-order valence-electron chi connectivity index (χ0n) is 11.5. The summed E-state index contributed by atoms with van der Waals surface area (Å²) in [7, 11) is 1.18. The number of hydrogen-bond acceptors (Lipinski definition) is 4. The summed E-state index contributed by atoms with van der Waals surface area (Å²) < 4.78 is 18.0. The van der Waals surface area contributed by atoms with E-state index in [4.69, 9.17) is 4.74 Å². The first kappa shape index (κ1) is 16.2. The lowest BCUT2D eigenvalue weighted by Gasteiger charge is -2.15. The molecular formula is C16H12BrFO4. The maximum atomic E-state index is 13.0. The van der Waals surface area contributed by atoms with Crippen molar-refractivity contribution in [2.75, 3.05) is 7.11 Å². The first-order valence-corrected chi connectivity index (χ1v) is 7.09. The quantitative estimate of drug-likeness (QED) is 0.511. The fourth-order valence-corrected chi connectivity index (χ4v) is 2.39. The minimum Gasteiger partial charge on any atom is -0.507 e. The van der Waals surface area contributed by atoms with Crippen LogP contribution in [0.5, 0.6) is 5.75 Å². The highest BCUT2D eigenvalue weighted by atomic mass is 79.9. The first-order valence-electron chi connectivity index (χ1n) is 6.30. The maximum Gasteiger partial charge on any atom is 0.321 e. The molecule has 0 saturated carbocycles. The summed E-state index contributed by atoms with van der Waals surface area (Å²) in [6.45, 7) is 0. The molecule has 0 aromatic heterocycles. The average molecular weight is 367 g/mol. The summed E-state index contributed by atoms with van der Waals surface area (Å²) in [4.78, 5) is 24.5. The van der Waals surface area contributed by atoms with Gasteiger partial charge in [0.25, 0.3) is 0 Å². The molecule has 114 valence electrons. The largest absolute Gasteiger partial charge is 0.507 e. The van der Waals surface area contributed by atoms with E-state index in [0.29, 0.717) is 10.0 Å². The van der Waals surface area contributed by atoms with Gasteiger partial charge in [0.15, 0.2) is 5.78 Å². The molecule has 0 radical (unpaired) electrons. The van der Waals surface area contributed by atoms with E-state index in [9.17, 15) is 19.1 Å². The first-order chi connectivity index (χ1) is 10.4. The van der Waals surface area contributed by atoms with Gasteiger partial charge in [-0.3, -0.25) is 9.59 Å². The highest BCUT2D eigenvalue weighted by Crippen LogP contribution is 2.30. The van der Waals surface area contributed by atoms with Crippen LogP contribution in [0, 0.1) is 5.82 Å². The molecule has 4 nitrogen and oxygen atoms in total. The van der Waals surface area contributed by atoms with E-state index in [2.05, 4.69) is 15.9 Å². The number of Topliss-reactive ketones (excluding diaryl/α,β-unsaturated/α-hetero) is 1. The molecule has 0 aliphatic carbocycles. The molecule has 1 atom stereocenters. The van der Waals surface area contributed by atoms with Crippen molar-refractivity contribution >= 4 is 27.7 Å². The lowest BCUT2D eigenvalue weighted by atomic mass is 9.90. The Morgan fingerprint density at radius 3 is 2.36 bits per heavy atom. The fourth-order valence-electron chi connectivity index (χ4n) is 2.00. The standard InChI is InChI=1S/C16H12BrFO4/c1-22-16(21)14(10-4-7-13(19)12(17)8-10)15(20)9-2-5-11(18)6-3-9/h2-8,14,19H,1H3. The van der Waals surface area contributed by atoms with Crippen molar-refractivity contribution in [3.63, 3.8) is 0 Å². The van der Waals surface area contributed by atoms with Gasteiger partial charge in [0.05, 0.1) is 11.6 Å². The molecule has 0 bridgehead atoms. The van der Waals surface area contributed by atoms with Gasteiger partial charge in [-0.05, 0) is 57.9 Å². The Morgan fingerprint density at radius 1 is 1.18 bits per heavy atom. The number of benzene rings is 2. The van der Waals surface area contributed by atoms with Crippen molar-refractivity contribution in [1.82, 2.24) is 0 Å². The molecule has 6 heteroatoms. The van der Waals surface area contributed by atoms with E-state index in [1.165, 1.54) is 37.4 Å². The Morgan fingerprint density at radius 2 is 1.82 bits per heavy atom. The Hall–Kier alpha value is -2.21. The molecule has 0 fully saturated rings. The van der Waals surface area contributed by atoms with Gasteiger partial charge in [0.2, 0.25) is 0 Å². The minimum atomic E-state index is -1.19. The van der Waals surface area contributed by atoms with Crippen molar-refractivity contribution in [2.24, 2.45) is 0 Å². The highest BCUT2D eigenvalue weighted by Gasteiger charge is 2.30. The smallest absolute Gasteiger partial charge is 0.321 e. The summed E-state index contributed by atoms with van der Waals surface area (Å²) in [5.41, 5.74) is 0.562. The molecule has 0 aliphatic rings. The van der Waals surface area contributed by atoms with Crippen molar-refractivity contribution < 1.29 is 23.8 Å². The van der Waals surface area contributed by atoms with Gasteiger partial charge in [0, 0.05) is 5.56 Å². The fraction of sp³-hybridized carbons (Fsp3) is 0.125. The number of hydrogen-bond donors (Lipinski definition) is 1. The molecule has 0 spiro atoms. The van der Waals surface area contributed by atoms with Gasteiger partial charge in [-0.1, -0.05) is 6.07 Å². The zero-order valence-corrected chi connectivity index (χ0v) is 13.1. The topological polar surface area (TPSA) is 63.6 Å². The molecule has 2 aromatic rings. The van der Waals surface area contributed by atoms with Gasteiger partial charge >= 0.3 is 5.97 Å². The summed E-state index contributed by atoms with van der Waals surface area (Å²) in [6.07, 6.45) is 0. The van der Waals surface area contributed by atoms with Crippen molar-refractivity contribution in [3.05, 3.63) is 63.9 Å². The van der Waals surface area contributed by atoms with E-state index in [-0.39, 0.29) is 11.3 Å². The number of ketones is 1. The van der Waals surface area contributed by atoms with Crippen LogP contribution < -0.4 is 0 Å². The Kier molecular flexibility index (Phi) is 4.92. The molecular weight excluding hydrogens is 355 g/mol. The SMILES string of the molecule is COC(=O)C(C(=O)c1ccc(F)cc1)c1ccc(O)c(Br)c1. The average Bonchev–Trinajstić information content (AvgIpc) is 2.51.